The van der Waals surface area contributed by atoms with E-state index in [0.717, 1.165) is 23.5 Å². The summed E-state index contributed by atoms with van der Waals surface area (Å²) in [5, 5.41) is 4.17. The zero-order valence-electron chi connectivity index (χ0n) is 12.2. The number of aromatic nitrogens is 1. The van der Waals surface area contributed by atoms with Crippen LogP contribution >= 0.6 is 11.3 Å². The Balaban J connectivity index is 1.50. The molecule has 2 saturated carbocycles. The van der Waals surface area contributed by atoms with Gasteiger partial charge in [-0.05, 0) is 44.9 Å². The highest BCUT2D eigenvalue weighted by molar-refractivity contribution is 7.11. The van der Waals surface area contributed by atoms with E-state index in [9.17, 15) is 4.79 Å². The van der Waals surface area contributed by atoms with Gasteiger partial charge in [0.15, 0.2) is 0 Å². The molecule has 0 spiro atoms. The summed E-state index contributed by atoms with van der Waals surface area (Å²) in [6, 6.07) is 0.0816. The van der Waals surface area contributed by atoms with Crippen LogP contribution in [0.15, 0.2) is 0 Å². The first kappa shape index (κ1) is 14.0. The number of rotatable bonds is 4. The van der Waals surface area contributed by atoms with Crippen molar-refractivity contribution in [1.82, 2.24) is 10.3 Å². The molecule has 5 heteroatoms. The zero-order valence-corrected chi connectivity index (χ0v) is 13.0. The van der Waals surface area contributed by atoms with E-state index < -0.39 is 0 Å². The first-order valence-electron chi connectivity index (χ1n) is 7.52. The van der Waals surface area contributed by atoms with Gasteiger partial charge in [0.05, 0.1) is 16.6 Å². The lowest BCUT2D eigenvalue weighted by atomic mass is 9.84. The molecular weight excluding hydrogens is 270 g/mol. The molecule has 3 N–H and O–H groups in total. The third-order valence-corrected chi connectivity index (χ3v) is 6.13. The lowest BCUT2D eigenvalue weighted by Gasteiger charge is -2.26. The molecule has 3 rings (SSSR count). The van der Waals surface area contributed by atoms with E-state index in [1.54, 1.807) is 11.3 Å². The first-order chi connectivity index (χ1) is 9.56. The molecule has 2 bridgehead atoms. The zero-order chi connectivity index (χ0) is 14.3. The Morgan fingerprint density at radius 2 is 2.15 bits per heavy atom. The highest BCUT2D eigenvalue weighted by atomic mass is 32.1. The van der Waals surface area contributed by atoms with Gasteiger partial charge in [0.25, 0.3) is 0 Å². The van der Waals surface area contributed by atoms with Gasteiger partial charge in [-0.25, -0.2) is 4.98 Å². The molecule has 20 heavy (non-hydrogen) atoms. The van der Waals surface area contributed by atoms with E-state index >= 15 is 0 Å². The fourth-order valence-corrected chi connectivity index (χ4v) is 4.71. The lowest BCUT2D eigenvalue weighted by molar-refractivity contribution is -0.127. The maximum atomic E-state index is 12.3. The van der Waals surface area contributed by atoms with Crippen molar-refractivity contribution < 1.29 is 4.79 Å². The number of nitrogens with two attached hydrogens (primary N) is 1. The summed E-state index contributed by atoms with van der Waals surface area (Å²) in [6.07, 6.45) is 4.37. The van der Waals surface area contributed by atoms with Crippen molar-refractivity contribution in [3.8, 4) is 0 Å². The number of thiazole rings is 1. The van der Waals surface area contributed by atoms with Crippen molar-refractivity contribution in [1.29, 1.82) is 0 Å². The summed E-state index contributed by atoms with van der Waals surface area (Å²) >= 11 is 1.72. The molecule has 2 aliphatic rings. The van der Waals surface area contributed by atoms with Crippen LogP contribution in [0.4, 0.5) is 0 Å². The number of carbonyl (C=O) groups is 1. The van der Waals surface area contributed by atoms with E-state index in [1.807, 2.05) is 6.92 Å². The minimum Gasteiger partial charge on any atom is -0.355 e. The summed E-state index contributed by atoms with van der Waals surface area (Å²) in [5.41, 5.74) is 7.30. The monoisotopic (exact) mass is 293 g/mol. The van der Waals surface area contributed by atoms with Crippen LogP contribution in [0.5, 0.6) is 0 Å². The Morgan fingerprint density at radius 1 is 1.40 bits per heavy atom. The SMILES string of the molecule is Cc1nc(CCNC(=O)C2C3CCC(C3)C2N)sc1C. The summed E-state index contributed by atoms with van der Waals surface area (Å²) in [5.74, 6) is 1.32. The van der Waals surface area contributed by atoms with Crippen molar-refractivity contribution in [2.75, 3.05) is 6.54 Å². The molecule has 2 fully saturated rings. The standard InChI is InChI=1S/C15H23N3OS/c1-8-9(2)20-12(18-8)5-6-17-15(19)13-10-3-4-11(7-10)14(13)16/h10-11,13-14H,3-7,16H2,1-2H3,(H,17,19). The van der Waals surface area contributed by atoms with E-state index in [4.69, 9.17) is 5.73 Å². The molecule has 110 valence electrons. The highest BCUT2D eigenvalue weighted by Gasteiger charge is 2.48. The Bertz CT molecular complexity index is 492. The average molecular weight is 293 g/mol. The molecule has 1 heterocycles. The van der Waals surface area contributed by atoms with Gasteiger partial charge in [-0.3, -0.25) is 4.79 Å². The van der Waals surface area contributed by atoms with E-state index in [1.165, 1.54) is 17.7 Å². The van der Waals surface area contributed by atoms with Gasteiger partial charge in [-0.15, -0.1) is 11.3 Å². The maximum absolute atomic E-state index is 12.3. The number of hydrogen-bond acceptors (Lipinski definition) is 4. The number of aryl methyl sites for hydroxylation is 2. The number of amides is 1. The van der Waals surface area contributed by atoms with Gasteiger partial charge in [0, 0.05) is 23.9 Å². The molecule has 0 aliphatic heterocycles. The molecule has 0 saturated heterocycles. The van der Waals surface area contributed by atoms with Crippen molar-refractivity contribution >= 4 is 17.2 Å². The van der Waals surface area contributed by atoms with Crippen molar-refractivity contribution in [3.63, 3.8) is 0 Å². The predicted octanol–water partition coefficient (Wildman–Crippen LogP) is 1.79. The third-order valence-electron chi connectivity index (χ3n) is 4.99. The fraction of sp³-hybridized carbons (Fsp3) is 0.733. The van der Waals surface area contributed by atoms with Crippen LogP contribution in [0.1, 0.15) is 34.8 Å². The number of hydrogen-bond donors (Lipinski definition) is 2. The van der Waals surface area contributed by atoms with Crippen LogP contribution in [0.3, 0.4) is 0 Å². The Kier molecular flexibility index (Phi) is 3.82. The van der Waals surface area contributed by atoms with Gasteiger partial charge in [-0.1, -0.05) is 0 Å². The molecule has 0 radical (unpaired) electrons. The highest BCUT2D eigenvalue weighted by Crippen LogP contribution is 2.47. The first-order valence-corrected chi connectivity index (χ1v) is 8.34. The van der Waals surface area contributed by atoms with Gasteiger partial charge < -0.3 is 11.1 Å². The Labute approximate surface area is 124 Å². The summed E-state index contributed by atoms with van der Waals surface area (Å²) in [6.45, 7) is 4.79. The van der Waals surface area contributed by atoms with Crippen molar-refractivity contribution in [2.24, 2.45) is 23.5 Å². The summed E-state index contributed by atoms with van der Waals surface area (Å²) in [7, 11) is 0. The topological polar surface area (TPSA) is 68.0 Å². The molecular formula is C15H23N3OS. The lowest BCUT2D eigenvalue weighted by Crippen LogP contribution is -2.45. The molecule has 0 aromatic carbocycles. The largest absolute Gasteiger partial charge is 0.355 e. The van der Waals surface area contributed by atoms with E-state index in [-0.39, 0.29) is 17.9 Å². The quantitative estimate of drug-likeness (QED) is 0.889. The second-order valence-corrected chi connectivity index (χ2v) is 7.51. The van der Waals surface area contributed by atoms with Gasteiger partial charge in [0.1, 0.15) is 0 Å². The van der Waals surface area contributed by atoms with Crippen LogP contribution in [0, 0.1) is 31.6 Å². The molecule has 4 unspecified atom stereocenters. The van der Waals surface area contributed by atoms with E-state index in [2.05, 4.69) is 17.2 Å². The molecule has 2 aliphatic carbocycles. The Hall–Kier alpha value is -0.940. The van der Waals surface area contributed by atoms with Crippen LogP contribution in [0.2, 0.25) is 0 Å². The second-order valence-electron chi connectivity index (χ2n) is 6.23. The number of fused-ring (bicyclic) bond motifs is 2. The average Bonchev–Trinajstić information content (AvgIpc) is 3.06. The molecule has 4 nitrogen and oxygen atoms in total. The maximum Gasteiger partial charge on any atom is 0.224 e. The number of nitrogens with zero attached hydrogens (tertiary/aromatic N) is 1. The minimum absolute atomic E-state index is 0.0496. The predicted molar refractivity (Wildman–Crippen MR) is 80.6 cm³/mol. The van der Waals surface area contributed by atoms with Crippen LogP contribution in [-0.4, -0.2) is 23.5 Å². The normalized spacial score (nSPS) is 31.8. The van der Waals surface area contributed by atoms with E-state index in [0.29, 0.717) is 18.4 Å². The number of carbonyl (C=O) groups excluding carboxylic acids is 1. The van der Waals surface area contributed by atoms with Crippen molar-refractivity contribution in [3.05, 3.63) is 15.6 Å². The van der Waals surface area contributed by atoms with Crippen LogP contribution < -0.4 is 11.1 Å². The molecule has 1 aromatic heterocycles. The smallest absolute Gasteiger partial charge is 0.224 e. The van der Waals surface area contributed by atoms with Crippen LogP contribution in [0.25, 0.3) is 0 Å². The molecule has 1 aromatic rings. The molecule has 4 atom stereocenters. The summed E-state index contributed by atoms with van der Waals surface area (Å²) in [4.78, 5) is 18.1. The van der Waals surface area contributed by atoms with Gasteiger partial charge in [0.2, 0.25) is 5.91 Å². The Morgan fingerprint density at radius 3 is 2.75 bits per heavy atom. The van der Waals surface area contributed by atoms with Gasteiger partial charge >= 0.3 is 0 Å². The fourth-order valence-electron chi connectivity index (χ4n) is 3.78. The second kappa shape index (κ2) is 5.45. The van der Waals surface area contributed by atoms with Crippen molar-refractivity contribution in [2.45, 2.75) is 45.6 Å². The summed E-state index contributed by atoms with van der Waals surface area (Å²) < 4.78 is 0. The minimum atomic E-state index is 0.0496. The molecule has 1 amide bonds. The van der Waals surface area contributed by atoms with Crippen LogP contribution in [-0.2, 0) is 11.2 Å². The number of nitrogens with one attached hydrogen (secondary N) is 1. The third kappa shape index (κ3) is 2.49. The van der Waals surface area contributed by atoms with Gasteiger partial charge in [-0.2, -0.15) is 0 Å².